The summed E-state index contributed by atoms with van der Waals surface area (Å²) in [5, 5.41) is 6.12. The minimum atomic E-state index is -0.174. The minimum Gasteiger partial charge on any atom is -0.376 e. The Morgan fingerprint density at radius 2 is 2.60 bits per heavy atom. The van der Waals surface area contributed by atoms with Gasteiger partial charge >= 0.3 is 0 Å². The largest absolute Gasteiger partial charge is 0.376 e. The lowest BCUT2D eigenvalue weighted by atomic mass is 10.2. The van der Waals surface area contributed by atoms with Crippen molar-refractivity contribution in [3.8, 4) is 0 Å². The zero-order valence-electron chi connectivity index (χ0n) is 8.77. The van der Waals surface area contributed by atoms with Gasteiger partial charge in [0.1, 0.15) is 0 Å². The molecule has 1 atom stereocenters. The predicted octanol–water partition coefficient (Wildman–Crippen LogP) is 0.385. The summed E-state index contributed by atoms with van der Waals surface area (Å²) < 4.78 is 5.53. The van der Waals surface area contributed by atoms with Crippen LogP contribution in [-0.4, -0.2) is 36.5 Å². The second-order valence-corrected chi connectivity index (χ2v) is 3.82. The third kappa shape index (κ3) is 2.56. The number of ether oxygens (including phenoxy) is 1. The lowest BCUT2D eigenvalue weighted by Crippen LogP contribution is -2.29. The molecule has 0 bridgehead atoms. The van der Waals surface area contributed by atoms with Crippen molar-refractivity contribution < 1.29 is 4.74 Å². The van der Waals surface area contributed by atoms with Gasteiger partial charge in [-0.1, -0.05) is 0 Å². The molecule has 1 aliphatic rings. The van der Waals surface area contributed by atoms with Crippen LogP contribution in [0.15, 0.2) is 17.1 Å². The number of hydrogen-bond donors (Lipinski definition) is 1. The first-order valence-corrected chi connectivity index (χ1v) is 5.13. The Balaban J connectivity index is 2.00. The van der Waals surface area contributed by atoms with Crippen molar-refractivity contribution in [2.24, 2.45) is 0 Å². The third-order valence-electron chi connectivity index (χ3n) is 2.59. The van der Waals surface area contributed by atoms with E-state index in [1.807, 2.05) is 11.9 Å². The Labute approximate surface area is 88.1 Å². The van der Waals surface area contributed by atoms with Gasteiger partial charge in [0.25, 0.3) is 5.56 Å². The SMILES string of the molecule is CN(CC1CCCO1)c1cn[nH]c(=O)c1. The molecule has 0 amide bonds. The van der Waals surface area contributed by atoms with Crippen LogP contribution in [0.1, 0.15) is 12.8 Å². The van der Waals surface area contributed by atoms with Crippen LogP contribution in [0, 0.1) is 0 Å². The zero-order chi connectivity index (χ0) is 10.7. The number of likely N-dealkylation sites (N-methyl/N-ethyl adjacent to an activating group) is 1. The van der Waals surface area contributed by atoms with Gasteiger partial charge in [0.05, 0.1) is 18.0 Å². The molecule has 1 fully saturated rings. The van der Waals surface area contributed by atoms with Gasteiger partial charge in [-0.3, -0.25) is 4.79 Å². The average molecular weight is 209 g/mol. The number of aromatic nitrogens is 2. The van der Waals surface area contributed by atoms with Crippen molar-refractivity contribution in [2.75, 3.05) is 25.1 Å². The Hall–Kier alpha value is -1.36. The van der Waals surface area contributed by atoms with Crippen molar-refractivity contribution in [1.29, 1.82) is 0 Å². The summed E-state index contributed by atoms with van der Waals surface area (Å²) in [5.74, 6) is 0. The summed E-state index contributed by atoms with van der Waals surface area (Å²) >= 11 is 0. The maximum Gasteiger partial charge on any atom is 0.266 e. The highest BCUT2D eigenvalue weighted by Crippen LogP contribution is 2.15. The third-order valence-corrected chi connectivity index (χ3v) is 2.59. The van der Waals surface area contributed by atoms with Crippen LogP contribution < -0.4 is 10.5 Å². The summed E-state index contributed by atoms with van der Waals surface area (Å²) in [6.07, 6.45) is 4.16. The number of anilines is 1. The Morgan fingerprint density at radius 3 is 3.27 bits per heavy atom. The normalized spacial score (nSPS) is 20.5. The van der Waals surface area contributed by atoms with E-state index in [0.717, 1.165) is 31.7 Å². The van der Waals surface area contributed by atoms with Crippen molar-refractivity contribution >= 4 is 5.69 Å². The smallest absolute Gasteiger partial charge is 0.266 e. The highest BCUT2D eigenvalue weighted by Gasteiger charge is 2.17. The highest BCUT2D eigenvalue weighted by atomic mass is 16.5. The molecule has 1 saturated heterocycles. The van der Waals surface area contributed by atoms with Crippen LogP contribution in [0.5, 0.6) is 0 Å². The van der Waals surface area contributed by atoms with E-state index >= 15 is 0 Å². The molecule has 0 saturated carbocycles. The summed E-state index contributed by atoms with van der Waals surface area (Å²) in [6.45, 7) is 1.66. The summed E-state index contributed by atoms with van der Waals surface area (Å²) in [6, 6.07) is 1.54. The molecule has 1 aromatic heterocycles. The van der Waals surface area contributed by atoms with Gasteiger partial charge in [0, 0.05) is 26.3 Å². The van der Waals surface area contributed by atoms with Crippen LogP contribution in [0.25, 0.3) is 0 Å². The molecule has 82 valence electrons. The zero-order valence-corrected chi connectivity index (χ0v) is 8.77. The van der Waals surface area contributed by atoms with Crippen molar-refractivity contribution in [3.05, 3.63) is 22.6 Å². The molecule has 15 heavy (non-hydrogen) atoms. The van der Waals surface area contributed by atoms with E-state index < -0.39 is 0 Å². The monoisotopic (exact) mass is 209 g/mol. The molecule has 1 unspecified atom stereocenters. The maximum absolute atomic E-state index is 11.1. The maximum atomic E-state index is 11.1. The van der Waals surface area contributed by atoms with Crippen molar-refractivity contribution in [2.45, 2.75) is 18.9 Å². The van der Waals surface area contributed by atoms with Crippen LogP contribution in [0.4, 0.5) is 5.69 Å². The number of nitrogens with zero attached hydrogens (tertiary/aromatic N) is 2. The number of nitrogens with one attached hydrogen (secondary N) is 1. The van der Waals surface area contributed by atoms with Gasteiger partial charge < -0.3 is 9.64 Å². The first-order chi connectivity index (χ1) is 7.25. The first kappa shape index (κ1) is 10.2. The molecule has 5 nitrogen and oxygen atoms in total. The van der Waals surface area contributed by atoms with Gasteiger partial charge in [0.2, 0.25) is 0 Å². The van der Waals surface area contributed by atoms with Crippen LogP contribution in [-0.2, 0) is 4.74 Å². The predicted molar refractivity (Wildman–Crippen MR) is 57.1 cm³/mol. The molecule has 5 heteroatoms. The molecule has 1 N–H and O–H groups in total. The molecule has 0 spiro atoms. The average Bonchev–Trinajstić information content (AvgIpc) is 2.70. The molecule has 1 aliphatic heterocycles. The molecule has 2 rings (SSSR count). The second-order valence-electron chi connectivity index (χ2n) is 3.82. The van der Waals surface area contributed by atoms with Crippen LogP contribution in [0.3, 0.4) is 0 Å². The second kappa shape index (κ2) is 4.44. The fourth-order valence-electron chi connectivity index (χ4n) is 1.77. The molecule has 0 aliphatic carbocycles. The Morgan fingerprint density at radius 1 is 1.73 bits per heavy atom. The van der Waals surface area contributed by atoms with E-state index in [1.54, 1.807) is 12.3 Å². The van der Waals surface area contributed by atoms with Crippen molar-refractivity contribution in [3.63, 3.8) is 0 Å². The number of H-pyrrole nitrogens is 1. The molecular weight excluding hydrogens is 194 g/mol. The molecule has 2 heterocycles. The molecule has 1 aromatic rings. The lowest BCUT2D eigenvalue weighted by Gasteiger charge is -2.21. The van der Waals surface area contributed by atoms with E-state index in [9.17, 15) is 4.79 Å². The van der Waals surface area contributed by atoms with Gasteiger partial charge in [-0.25, -0.2) is 5.10 Å². The number of aromatic amines is 1. The fourth-order valence-corrected chi connectivity index (χ4v) is 1.77. The Bertz CT molecular complexity index is 371. The molecule has 0 aromatic carbocycles. The van der Waals surface area contributed by atoms with E-state index in [2.05, 4.69) is 10.2 Å². The van der Waals surface area contributed by atoms with E-state index in [1.165, 1.54) is 0 Å². The summed E-state index contributed by atoms with van der Waals surface area (Å²) in [4.78, 5) is 13.1. The van der Waals surface area contributed by atoms with Crippen molar-refractivity contribution in [1.82, 2.24) is 10.2 Å². The Kier molecular flexibility index (Phi) is 3.01. The van der Waals surface area contributed by atoms with E-state index in [4.69, 9.17) is 4.74 Å². The topological polar surface area (TPSA) is 58.2 Å². The molecule has 0 radical (unpaired) electrons. The summed E-state index contributed by atoms with van der Waals surface area (Å²) in [5.41, 5.74) is 0.654. The van der Waals surface area contributed by atoms with Crippen LogP contribution in [0.2, 0.25) is 0 Å². The van der Waals surface area contributed by atoms with Gasteiger partial charge in [0.15, 0.2) is 0 Å². The molecular formula is C10H15N3O2. The van der Waals surface area contributed by atoms with Gasteiger partial charge in [-0.05, 0) is 12.8 Å². The van der Waals surface area contributed by atoms with E-state index in [-0.39, 0.29) is 11.7 Å². The quantitative estimate of drug-likeness (QED) is 0.782. The number of hydrogen-bond acceptors (Lipinski definition) is 4. The standard InChI is InChI=1S/C10H15N3O2/c1-13(7-9-3-2-4-15-9)8-5-10(14)12-11-6-8/h5-6,9H,2-4,7H2,1H3,(H,12,14). The lowest BCUT2D eigenvalue weighted by molar-refractivity contribution is 0.116. The van der Waals surface area contributed by atoms with Gasteiger partial charge in [-0.15, -0.1) is 0 Å². The fraction of sp³-hybridized carbons (Fsp3) is 0.600. The summed E-state index contributed by atoms with van der Waals surface area (Å²) in [7, 11) is 1.94. The highest BCUT2D eigenvalue weighted by molar-refractivity contribution is 5.41. The minimum absolute atomic E-state index is 0.174. The number of rotatable bonds is 3. The van der Waals surface area contributed by atoms with E-state index in [0.29, 0.717) is 0 Å². The first-order valence-electron chi connectivity index (χ1n) is 5.13. The van der Waals surface area contributed by atoms with Crippen LogP contribution >= 0.6 is 0 Å². The van der Waals surface area contributed by atoms with Gasteiger partial charge in [-0.2, -0.15) is 5.10 Å².